The molecule has 9 nitrogen and oxygen atoms in total. The van der Waals surface area contributed by atoms with Crippen molar-refractivity contribution in [1.29, 1.82) is 0 Å². The number of carbonyl (C=O) groups is 1. The van der Waals surface area contributed by atoms with Crippen molar-refractivity contribution in [2.45, 2.75) is 26.9 Å². The minimum atomic E-state index is -3.37. The molecule has 11 heteroatoms. The quantitative estimate of drug-likeness (QED) is 0.497. The number of aryl methyl sites for hydroxylation is 1. The first kappa shape index (κ1) is 22.9. The molecule has 0 bridgehead atoms. The van der Waals surface area contributed by atoms with Gasteiger partial charge >= 0.3 is 0 Å². The highest BCUT2D eigenvalue weighted by atomic mass is 32.2. The Morgan fingerprint density at radius 1 is 1.13 bits per heavy atom. The molecule has 0 saturated carbocycles. The van der Waals surface area contributed by atoms with Crippen molar-refractivity contribution in [2.24, 2.45) is 0 Å². The lowest BCUT2D eigenvalue weighted by Crippen LogP contribution is -2.16. The monoisotopic (exact) mass is 464 g/mol. The summed E-state index contributed by atoms with van der Waals surface area (Å²) >= 11 is 1.25. The smallest absolute Gasteiger partial charge is 0.266 e. The number of sulfonamides is 1. The van der Waals surface area contributed by atoms with Gasteiger partial charge < -0.3 is 14.8 Å². The molecule has 0 radical (unpaired) electrons. The predicted octanol–water partition coefficient (Wildman–Crippen LogP) is 3.56. The van der Waals surface area contributed by atoms with Crippen molar-refractivity contribution >= 4 is 48.9 Å². The summed E-state index contributed by atoms with van der Waals surface area (Å²) in [5.41, 5.74) is 1.70. The molecule has 2 N–H and O–H groups in total. The fraction of sp³-hybridized carbons (Fsp3) is 0.350. The maximum atomic E-state index is 12.9. The Morgan fingerprint density at radius 2 is 1.81 bits per heavy atom. The first-order chi connectivity index (χ1) is 14.8. The van der Waals surface area contributed by atoms with Crippen molar-refractivity contribution < 1.29 is 22.7 Å². The van der Waals surface area contributed by atoms with Gasteiger partial charge in [-0.05, 0) is 43.2 Å². The van der Waals surface area contributed by atoms with Gasteiger partial charge in [-0.1, -0.05) is 6.92 Å². The van der Waals surface area contributed by atoms with Gasteiger partial charge in [-0.2, -0.15) is 4.98 Å². The number of carbonyl (C=O) groups excluding carboxylic acids is 1. The minimum absolute atomic E-state index is 0.0507. The summed E-state index contributed by atoms with van der Waals surface area (Å²) in [7, 11) is -0.294. The van der Waals surface area contributed by atoms with Crippen LogP contribution in [0.25, 0.3) is 10.2 Å². The maximum Gasteiger partial charge on any atom is 0.266 e. The summed E-state index contributed by atoms with van der Waals surface area (Å²) in [6, 6.07) is 6.49. The summed E-state index contributed by atoms with van der Waals surface area (Å²) in [6.45, 7) is 3.85. The maximum absolute atomic E-state index is 12.9. The molecule has 0 unspecified atom stereocenters. The zero-order valence-corrected chi connectivity index (χ0v) is 19.3. The molecule has 0 saturated heterocycles. The lowest BCUT2D eigenvalue weighted by molar-refractivity contribution is 0.103. The molecule has 0 fully saturated rings. The molecule has 31 heavy (non-hydrogen) atoms. The van der Waals surface area contributed by atoms with Crippen LogP contribution in [-0.2, 0) is 21.4 Å². The largest absolute Gasteiger partial charge is 0.480 e. The second kappa shape index (κ2) is 9.58. The highest BCUT2D eigenvalue weighted by Gasteiger charge is 2.21. The number of rotatable bonds is 9. The van der Waals surface area contributed by atoms with Gasteiger partial charge in [0.25, 0.3) is 5.91 Å². The molecule has 0 aliphatic carbocycles. The molecular formula is C20H24N4O5S2. The number of anilines is 2. The second-order valence-electron chi connectivity index (χ2n) is 6.77. The van der Waals surface area contributed by atoms with E-state index in [9.17, 15) is 13.2 Å². The zero-order valence-electron chi connectivity index (χ0n) is 17.7. The van der Waals surface area contributed by atoms with Gasteiger partial charge in [0.15, 0.2) is 5.82 Å². The van der Waals surface area contributed by atoms with E-state index in [0.29, 0.717) is 44.6 Å². The number of ether oxygens (including phenoxy) is 2. The van der Waals surface area contributed by atoms with Crippen LogP contribution in [0, 0.1) is 6.92 Å². The molecule has 0 aliphatic heterocycles. The van der Waals surface area contributed by atoms with Crippen molar-refractivity contribution in [3.63, 3.8) is 0 Å². The molecule has 1 aromatic carbocycles. The Kier molecular flexibility index (Phi) is 7.08. The number of nitrogens with zero attached hydrogens (tertiary/aromatic N) is 2. The number of methoxy groups -OCH3 is 2. The third kappa shape index (κ3) is 5.30. The van der Waals surface area contributed by atoms with Crippen LogP contribution in [0.4, 0.5) is 11.4 Å². The molecule has 1 amide bonds. The molecule has 2 aromatic heterocycles. The number of hydrogen-bond donors (Lipinski definition) is 2. The molecule has 0 atom stereocenters. The average Bonchev–Trinajstić information content (AvgIpc) is 3.05. The third-order valence-corrected chi connectivity index (χ3v) is 7.04. The van der Waals surface area contributed by atoms with Crippen molar-refractivity contribution in [2.75, 3.05) is 30.0 Å². The van der Waals surface area contributed by atoms with Crippen LogP contribution in [0.3, 0.4) is 0 Å². The van der Waals surface area contributed by atoms with Gasteiger partial charge in [0, 0.05) is 18.5 Å². The predicted molar refractivity (Wildman–Crippen MR) is 122 cm³/mol. The van der Waals surface area contributed by atoms with Crippen LogP contribution in [0.2, 0.25) is 0 Å². The topological polar surface area (TPSA) is 120 Å². The SMILES string of the molecule is CCCS(=O)(=O)Nc1ccc(NC(=O)c2sc3nc(COC)nc(OC)c3c2C)cc1. The van der Waals surface area contributed by atoms with Crippen LogP contribution < -0.4 is 14.8 Å². The Hall–Kier alpha value is -2.76. The van der Waals surface area contributed by atoms with E-state index in [-0.39, 0.29) is 18.3 Å². The number of thiophene rings is 1. The molecule has 2 heterocycles. The van der Waals surface area contributed by atoms with Crippen LogP contribution in [0.15, 0.2) is 24.3 Å². The first-order valence-corrected chi connectivity index (χ1v) is 12.0. The third-order valence-electron chi connectivity index (χ3n) is 4.37. The molecule has 166 valence electrons. The van der Waals surface area contributed by atoms with E-state index in [1.165, 1.54) is 18.4 Å². The Morgan fingerprint density at radius 3 is 2.42 bits per heavy atom. The van der Waals surface area contributed by atoms with E-state index in [2.05, 4.69) is 20.0 Å². The van der Waals surface area contributed by atoms with Gasteiger partial charge in [0.05, 0.1) is 23.1 Å². The van der Waals surface area contributed by atoms with Gasteiger partial charge in [0.2, 0.25) is 15.9 Å². The van der Waals surface area contributed by atoms with Crippen molar-refractivity contribution in [1.82, 2.24) is 9.97 Å². The highest BCUT2D eigenvalue weighted by Crippen LogP contribution is 2.35. The Labute approximate surface area is 184 Å². The normalized spacial score (nSPS) is 11.5. The average molecular weight is 465 g/mol. The second-order valence-corrected chi connectivity index (χ2v) is 9.61. The molecule has 0 spiro atoms. The lowest BCUT2D eigenvalue weighted by Gasteiger charge is -2.09. The van der Waals surface area contributed by atoms with E-state index in [1.807, 2.05) is 6.92 Å². The number of fused-ring (bicyclic) bond motifs is 1. The Bertz CT molecular complexity index is 1190. The highest BCUT2D eigenvalue weighted by molar-refractivity contribution is 7.92. The number of benzene rings is 1. The van der Waals surface area contributed by atoms with E-state index < -0.39 is 10.0 Å². The van der Waals surface area contributed by atoms with Gasteiger partial charge in [-0.3, -0.25) is 9.52 Å². The number of nitrogens with one attached hydrogen (secondary N) is 2. The van der Waals surface area contributed by atoms with Gasteiger partial charge in [-0.15, -0.1) is 11.3 Å². The Balaban J connectivity index is 1.82. The van der Waals surface area contributed by atoms with Crippen LogP contribution in [0.1, 0.15) is 34.4 Å². The fourth-order valence-electron chi connectivity index (χ4n) is 3.01. The van der Waals surface area contributed by atoms with E-state index in [4.69, 9.17) is 9.47 Å². The lowest BCUT2D eigenvalue weighted by atomic mass is 10.2. The summed E-state index contributed by atoms with van der Waals surface area (Å²) in [5, 5.41) is 3.53. The summed E-state index contributed by atoms with van der Waals surface area (Å²) in [6.07, 6.45) is 0.528. The standard InChI is InChI=1S/C20H24N4O5S2/c1-5-10-31(26,27)24-14-8-6-13(7-9-14)21-18(25)17-12(2)16-19(29-4)22-15(11-28-3)23-20(16)30-17/h6-9,24H,5,10-11H2,1-4H3,(H,21,25). The first-order valence-electron chi connectivity index (χ1n) is 9.52. The molecular weight excluding hydrogens is 440 g/mol. The minimum Gasteiger partial charge on any atom is -0.480 e. The molecule has 3 rings (SSSR count). The number of amides is 1. The van der Waals surface area contributed by atoms with Crippen LogP contribution in [-0.4, -0.2) is 44.3 Å². The van der Waals surface area contributed by atoms with Crippen molar-refractivity contribution in [3.05, 3.63) is 40.5 Å². The van der Waals surface area contributed by atoms with E-state index in [1.54, 1.807) is 38.3 Å². The van der Waals surface area contributed by atoms with E-state index >= 15 is 0 Å². The van der Waals surface area contributed by atoms with Crippen molar-refractivity contribution in [3.8, 4) is 5.88 Å². The summed E-state index contributed by atoms with van der Waals surface area (Å²) in [5.74, 6) is 0.625. The number of aromatic nitrogens is 2. The summed E-state index contributed by atoms with van der Waals surface area (Å²) in [4.78, 5) is 22.8. The molecule has 0 aliphatic rings. The molecule has 3 aromatic rings. The fourth-order valence-corrected chi connectivity index (χ4v) is 5.23. The van der Waals surface area contributed by atoms with Gasteiger partial charge in [0.1, 0.15) is 11.4 Å². The zero-order chi connectivity index (χ0) is 22.6. The summed E-state index contributed by atoms with van der Waals surface area (Å²) < 4.78 is 36.8. The van der Waals surface area contributed by atoms with Crippen LogP contribution in [0.5, 0.6) is 5.88 Å². The number of hydrogen-bond acceptors (Lipinski definition) is 8. The van der Waals surface area contributed by atoms with E-state index in [0.717, 1.165) is 5.56 Å². The van der Waals surface area contributed by atoms with Crippen LogP contribution >= 0.6 is 11.3 Å². The van der Waals surface area contributed by atoms with Gasteiger partial charge in [-0.25, -0.2) is 13.4 Å².